The fraction of sp³-hybridized carbons (Fsp3) is 0.917. The van der Waals surface area contributed by atoms with Crippen LogP contribution in [0, 0.1) is 11.3 Å². The maximum Gasteiger partial charge on any atom is 0.227 e. The smallest absolute Gasteiger partial charge is 0.227 e. The van der Waals surface area contributed by atoms with Crippen LogP contribution in [0.5, 0.6) is 0 Å². The number of nitrogens with one attached hydrogen (secondary N) is 2. The van der Waals surface area contributed by atoms with E-state index in [4.69, 9.17) is 4.74 Å². The molecule has 0 bridgehead atoms. The molecule has 2 atom stereocenters. The SMILES string of the molecule is CNC1COCC1C(=O)NCCC(C)(C)C. The first kappa shape index (κ1) is 13.5. The molecular formula is C12H24N2O2. The second kappa shape index (κ2) is 5.64. The summed E-state index contributed by atoms with van der Waals surface area (Å²) in [7, 11) is 1.87. The number of rotatable bonds is 4. The van der Waals surface area contributed by atoms with Gasteiger partial charge in [0.1, 0.15) is 0 Å². The molecule has 0 aromatic carbocycles. The number of hydrogen-bond donors (Lipinski definition) is 2. The molecule has 4 nitrogen and oxygen atoms in total. The number of carbonyl (C=O) groups excluding carboxylic acids is 1. The summed E-state index contributed by atoms with van der Waals surface area (Å²) < 4.78 is 5.31. The van der Waals surface area contributed by atoms with Crippen LogP contribution in [0.25, 0.3) is 0 Å². The average Bonchev–Trinajstić information content (AvgIpc) is 2.63. The third-order valence-corrected chi connectivity index (χ3v) is 2.96. The molecule has 1 fully saturated rings. The minimum absolute atomic E-state index is 0.0371. The molecule has 94 valence electrons. The maximum atomic E-state index is 11.9. The molecule has 16 heavy (non-hydrogen) atoms. The van der Waals surface area contributed by atoms with Gasteiger partial charge in [-0.3, -0.25) is 4.79 Å². The van der Waals surface area contributed by atoms with Gasteiger partial charge in [0.2, 0.25) is 5.91 Å². The molecule has 1 rings (SSSR count). The van der Waals surface area contributed by atoms with Crippen LogP contribution in [0.3, 0.4) is 0 Å². The number of ether oxygens (including phenoxy) is 1. The van der Waals surface area contributed by atoms with Gasteiger partial charge in [0.25, 0.3) is 0 Å². The molecule has 4 heteroatoms. The number of hydrogen-bond acceptors (Lipinski definition) is 3. The fourth-order valence-corrected chi connectivity index (χ4v) is 1.79. The molecule has 1 aliphatic heterocycles. The summed E-state index contributed by atoms with van der Waals surface area (Å²) in [6.07, 6.45) is 0.997. The Labute approximate surface area is 98.1 Å². The van der Waals surface area contributed by atoms with E-state index >= 15 is 0 Å². The molecule has 2 N–H and O–H groups in total. The molecule has 0 spiro atoms. The molecule has 2 unspecified atom stereocenters. The predicted molar refractivity (Wildman–Crippen MR) is 64.2 cm³/mol. The van der Waals surface area contributed by atoms with Gasteiger partial charge in [-0.2, -0.15) is 0 Å². The van der Waals surface area contributed by atoms with Crippen molar-refractivity contribution in [2.24, 2.45) is 11.3 Å². The zero-order valence-corrected chi connectivity index (χ0v) is 10.8. The molecular weight excluding hydrogens is 204 g/mol. The van der Waals surface area contributed by atoms with Crippen LogP contribution in [0.1, 0.15) is 27.2 Å². The first-order valence-electron chi connectivity index (χ1n) is 5.97. The monoisotopic (exact) mass is 228 g/mol. The van der Waals surface area contributed by atoms with Crippen molar-refractivity contribution >= 4 is 5.91 Å². The van der Waals surface area contributed by atoms with Crippen LogP contribution in [-0.4, -0.2) is 38.8 Å². The van der Waals surface area contributed by atoms with E-state index in [2.05, 4.69) is 31.4 Å². The Morgan fingerprint density at radius 2 is 2.06 bits per heavy atom. The van der Waals surface area contributed by atoms with Gasteiger partial charge in [-0.1, -0.05) is 20.8 Å². The van der Waals surface area contributed by atoms with Crippen molar-refractivity contribution in [2.45, 2.75) is 33.2 Å². The van der Waals surface area contributed by atoms with Crippen LogP contribution >= 0.6 is 0 Å². The van der Waals surface area contributed by atoms with E-state index in [0.29, 0.717) is 13.2 Å². The molecule has 1 saturated heterocycles. The Hall–Kier alpha value is -0.610. The van der Waals surface area contributed by atoms with Crippen molar-refractivity contribution in [3.05, 3.63) is 0 Å². The summed E-state index contributed by atoms with van der Waals surface area (Å²) in [5.74, 6) is 0.0751. The van der Waals surface area contributed by atoms with Gasteiger partial charge < -0.3 is 15.4 Å². The lowest BCUT2D eigenvalue weighted by Gasteiger charge is -2.20. The molecule has 0 aromatic rings. The van der Waals surface area contributed by atoms with Crippen molar-refractivity contribution < 1.29 is 9.53 Å². The standard InChI is InChI=1S/C12H24N2O2/c1-12(2,3)5-6-14-11(15)9-7-16-8-10(9)13-4/h9-10,13H,5-8H2,1-4H3,(H,14,15). The zero-order valence-electron chi connectivity index (χ0n) is 10.8. The third kappa shape index (κ3) is 4.10. The van der Waals surface area contributed by atoms with E-state index in [1.807, 2.05) is 7.05 Å². The summed E-state index contributed by atoms with van der Waals surface area (Å²) >= 11 is 0. The van der Waals surface area contributed by atoms with E-state index in [1.165, 1.54) is 0 Å². The normalized spacial score (nSPS) is 25.8. The maximum absolute atomic E-state index is 11.9. The molecule has 1 heterocycles. The minimum Gasteiger partial charge on any atom is -0.379 e. The second-order valence-electron chi connectivity index (χ2n) is 5.64. The van der Waals surface area contributed by atoms with Gasteiger partial charge in [0.05, 0.1) is 19.1 Å². The van der Waals surface area contributed by atoms with Crippen molar-refractivity contribution in [3.63, 3.8) is 0 Å². The Kier molecular flexibility index (Phi) is 4.74. The summed E-state index contributed by atoms with van der Waals surface area (Å²) in [6.45, 7) is 8.44. The number of likely N-dealkylation sites (N-methyl/N-ethyl adjacent to an activating group) is 1. The molecule has 0 aromatic heterocycles. The topological polar surface area (TPSA) is 50.4 Å². The van der Waals surface area contributed by atoms with Gasteiger partial charge in [-0.25, -0.2) is 0 Å². The average molecular weight is 228 g/mol. The number of carbonyl (C=O) groups is 1. The zero-order chi connectivity index (χ0) is 12.2. The lowest BCUT2D eigenvalue weighted by atomic mass is 9.92. The fourth-order valence-electron chi connectivity index (χ4n) is 1.79. The third-order valence-electron chi connectivity index (χ3n) is 2.96. The van der Waals surface area contributed by atoms with Gasteiger partial charge in [-0.05, 0) is 18.9 Å². The highest BCUT2D eigenvalue weighted by atomic mass is 16.5. The van der Waals surface area contributed by atoms with E-state index < -0.39 is 0 Å². The van der Waals surface area contributed by atoms with Gasteiger partial charge in [0, 0.05) is 12.6 Å². The Morgan fingerprint density at radius 3 is 2.62 bits per heavy atom. The van der Waals surface area contributed by atoms with Gasteiger partial charge in [0.15, 0.2) is 0 Å². The highest BCUT2D eigenvalue weighted by Gasteiger charge is 2.32. The quantitative estimate of drug-likeness (QED) is 0.747. The lowest BCUT2D eigenvalue weighted by molar-refractivity contribution is -0.125. The minimum atomic E-state index is -0.0371. The predicted octanol–water partition coefficient (Wildman–Crippen LogP) is 0.773. The molecule has 1 amide bonds. The summed E-state index contributed by atoms with van der Waals surface area (Å²) in [5, 5.41) is 6.10. The van der Waals surface area contributed by atoms with E-state index in [0.717, 1.165) is 13.0 Å². The van der Waals surface area contributed by atoms with Crippen LogP contribution in [0.2, 0.25) is 0 Å². The van der Waals surface area contributed by atoms with Crippen LogP contribution in [-0.2, 0) is 9.53 Å². The first-order valence-corrected chi connectivity index (χ1v) is 5.97. The highest BCUT2D eigenvalue weighted by Crippen LogP contribution is 2.18. The van der Waals surface area contributed by atoms with Crippen molar-refractivity contribution in [3.8, 4) is 0 Å². The van der Waals surface area contributed by atoms with Crippen molar-refractivity contribution in [1.82, 2.24) is 10.6 Å². The van der Waals surface area contributed by atoms with E-state index in [1.54, 1.807) is 0 Å². The second-order valence-corrected chi connectivity index (χ2v) is 5.64. The molecule has 0 aliphatic carbocycles. The summed E-state index contributed by atoms with van der Waals surface area (Å²) in [4.78, 5) is 11.9. The number of amides is 1. The van der Waals surface area contributed by atoms with E-state index in [9.17, 15) is 4.79 Å². The molecule has 0 radical (unpaired) electrons. The molecule has 0 saturated carbocycles. The molecule has 1 aliphatic rings. The van der Waals surface area contributed by atoms with Crippen LogP contribution in [0.4, 0.5) is 0 Å². The largest absolute Gasteiger partial charge is 0.379 e. The lowest BCUT2D eigenvalue weighted by Crippen LogP contribution is -2.43. The van der Waals surface area contributed by atoms with Crippen LogP contribution in [0.15, 0.2) is 0 Å². The van der Waals surface area contributed by atoms with Gasteiger partial charge in [-0.15, -0.1) is 0 Å². The Morgan fingerprint density at radius 1 is 1.38 bits per heavy atom. The Bertz CT molecular complexity index is 236. The van der Waals surface area contributed by atoms with Crippen molar-refractivity contribution in [2.75, 3.05) is 26.8 Å². The summed E-state index contributed by atoms with van der Waals surface area (Å²) in [6, 6.07) is 0.162. The van der Waals surface area contributed by atoms with Crippen molar-refractivity contribution in [1.29, 1.82) is 0 Å². The van der Waals surface area contributed by atoms with E-state index in [-0.39, 0.29) is 23.3 Å². The van der Waals surface area contributed by atoms with Gasteiger partial charge >= 0.3 is 0 Å². The van der Waals surface area contributed by atoms with Crippen LogP contribution < -0.4 is 10.6 Å². The first-order chi connectivity index (χ1) is 7.44. The summed E-state index contributed by atoms with van der Waals surface area (Å²) in [5.41, 5.74) is 0.266. The highest BCUT2D eigenvalue weighted by molar-refractivity contribution is 5.79. The Balaban J connectivity index is 2.29.